The fourth-order valence-electron chi connectivity index (χ4n) is 15.1. The maximum Gasteiger partial charge on any atom is 0.306 e. The number of carboxylic acids is 1. The van der Waals surface area contributed by atoms with Gasteiger partial charge in [-0.15, -0.1) is 0 Å². The maximum absolute atomic E-state index is 13.6. The van der Waals surface area contributed by atoms with Crippen molar-refractivity contribution in [1.29, 1.82) is 0 Å². The van der Waals surface area contributed by atoms with E-state index < -0.39 is 5.97 Å². The van der Waals surface area contributed by atoms with Crippen LogP contribution in [-0.4, -0.2) is 53.8 Å². The number of nitrogens with one attached hydrogen (secondary N) is 2. The van der Waals surface area contributed by atoms with E-state index in [-0.39, 0.29) is 17.3 Å². The Hall–Kier alpha value is -3.88. The molecule has 0 radical (unpaired) electrons. The van der Waals surface area contributed by atoms with Gasteiger partial charge in [-0.2, -0.15) is 0 Å². The van der Waals surface area contributed by atoms with E-state index in [1.807, 2.05) is 42.5 Å². The molecule has 5 N–H and O–H groups in total. The number of hydrogen-bond donors (Lipinski definition) is 4. The molecule has 6 aliphatic rings. The summed E-state index contributed by atoms with van der Waals surface area (Å²) in [6.07, 6.45) is 15.0. The molecule has 5 fully saturated rings. The zero-order valence-electron chi connectivity index (χ0n) is 39.1. The molecule has 2 aromatic carbocycles. The van der Waals surface area contributed by atoms with Crippen LogP contribution in [0.2, 0.25) is 0 Å². The number of fused-ring (bicyclic) bond motifs is 8. The lowest BCUT2D eigenvalue weighted by Crippen LogP contribution is -2.60. The molecule has 3 aromatic rings. The van der Waals surface area contributed by atoms with Gasteiger partial charge in [0.1, 0.15) is 12.1 Å². The molecule has 0 aliphatic heterocycles. The highest BCUT2D eigenvalue weighted by Gasteiger charge is 2.64. The third-order valence-corrected chi connectivity index (χ3v) is 18.2. The second-order valence-electron chi connectivity index (χ2n) is 21.3. The van der Waals surface area contributed by atoms with Crippen LogP contribution in [0.25, 0.3) is 22.4 Å². The van der Waals surface area contributed by atoms with Crippen LogP contribution in [-0.2, 0) is 9.59 Å². The number of rotatable bonds is 10. The second-order valence-corrected chi connectivity index (χ2v) is 21.3. The van der Waals surface area contributed by atoms with Crippen LogP contribution >= 0.6 is 0 Å². The summed E-state index contributed by atoms with van der Waals surface area (Å²) < 4.78 is 0. The molecule has 5 saturated carbocycles. The van der Waals surface area contributed by atoms with E-state index in [4.69, 9.17) is 0 Å². The minimum Gasteiger partial charge on any atom is -0.481 e. The molecule has 336 valence electrons. The number of benzene rings is 2. The fraction of sp³-hybridized carbons (Fsp3) is 0.630. The highest BCUT2D eigenvalue weighted by Crippen LogP contribution is 2.72. The van der Waals surface area contributed by atoms with Gasteiger partial charge < -0.3 is 21.1 Å². The molecule has 0 spiro atoms. The number of nitrogens with zero attached hydrogens (tertiary/aromatic N) is 1. The molecule has 0 amide bonds. The van der Waals surface area contributed by atoms with E-state index in [9.17, 15) is 19.5 Å². The maximum atomic E-state index is 13.6. The van der Waals surface area contributed by atoms with Crippen molar-refractivity contribution in [3.63, 3.8) is 0 Å². The summed E-state index contributed by atoms with van der Waals surface area (Å²) in [5, 5.41) is 12.9. The summed E-state index contributed by atoms with van der Waals surface area (Å²) in [6.45, 7) is 20.1. The lowest BCUT2D eigenvalue weighted by molar-refractivity contribution is -0.170. The number of aldehydes is 1. The Morgan fingerprint density at radius 1 is 0.968 bits per heavy atom. The van der Waals surface area contributed by atoms with Crippen molar-refractivity contribution in [2.24, 2.45) is 81.2 Å². The third kappa shape index (κ3) is 7.99. The van der Waals surface area contributed by atoms with E-state index >= 15 is 0 Å². The van der Waals surface area contributed by atoms with E-state index in [2.05, 4.69) is 76.2 Å². The Labute approximate surface area is 371 Å². The largest absolute Gasteiger partial charge is 0.481 e. The highest BCUT2D eigenvalue weighted by atomic mass is 16.4. The number of Topliss-reactive ketones (excluding diaryl/α,β-unsaturated/α-hetero) is 1. The van der Waals surface area contributed by atoms with Gasteiger partial charge >= 0.3 is 5.97 Å². The van der Waals surface area contributed by atoms with Crippen LogP contribution < -0.4 is 11.1 Å². The molecular weight excluding hydrogens is 769 g/mol. The van der Waals surface area contributed by atoms with Gasteiger partial charge in [0, 0.05) is 23.0 Å². The predicted molar refractivity (Wildman–Crippen MR) is 251 cm³/mol. The van der Waals surface area contributed by atoms with Gasteiger partial charge in [0.05, 0.1) is 17.0 Å². The van der Waals surface area contributed by atoms with Crippen LogP contribution in [0.1, 0.15) is 129 Å². The number of hydrogen-bond acceptors (Lipinski definition) is 6. The van der Waals surface area contributed by atoms with E-state index in [0.717, 1.165) is 78.7 Å². The quantitative estimate of drug-likeness (QED) is 0.118. The van der Waals surface area contributed by atoms with Gasteiger partial charge in [-0.25, -0.2) is 4.98 Å². The van der Waals surface area contributed by atoms with E-state index in [0.29, 0.717) is 51.8 Å². The summed E-state index contributed by atoms with van der Waals surface area (Å²) >= 11 is 0. The predicted octanol–water partition coefficient (Wildman–Crippen LogP) is 11.3. The number of aromatic amines is 1. The average molecular weight is 845 g/mol. The second kappa shape index (κ2) is 18.3. The number of H-pyrrole nitrogens is 1. The number of carboxylic acid groups (broad SMARTS) is 1. The lowest BCUT2D eigenvalue weighted by atomic mass is 9.37. The molecule has 0 saturated heterocycles. The first-order valence-corrected chi connectivity index (χ1v) is 24.1. The molecule has 1 aromatic heterocycles. The fourth-order valence-corrected chi connectivity index (χ4v) is 15.1. The number of carbonyl (C=O) groups is 3. The third-order valence-electron chi connectivity index (χ3n) is 18.2. The number of carbonyl (C=O) groups excluding carboxylic acids is 2. The Bertz CT molecular complexity index is 2160. The molecule has 1 heterocycles. The zero-order chi connectivity index (χ0) is 44.7. The minimum absolute atomic E-state index is 0.114. The molecular formula is C54H76N4O4. The Kier molecular flexibility index (Phi) is 13.6. The Morgan fingerprint density at radius 3 is 2.32 bits per heavy atom. The Morgan fingerprint density at radius 2 is 1.66 bits per heavy atom. The average Bonchev–Trinajstić information content (AvgIpc) is 3.82. The summed E-state index contributed by atoms with van der Waals surface area (Å²) in [5.41, 5.74) is 13.0. The van der Waals surface area contributed by atoms with Gasteiger partial charge in [0.15, 0.2) is 5.78 Å². The highest BCUT2D eigenvalue weighted by molar-refractivity contribution is 6.00. The zero-order valence-corrected chi connectivity index (χ0v) is 39.1. The first kappa shape index (κ1) is 46.1. The van der Waals surface area contributed by atoms with Crippen molar-refractivity contribution in [2.75, 3.05) is 20.6 Å². The van der Waals surface area contributed by atoms with Crippen molar-refractivity contribution in [3.8, 4) is 11.4 Å². The van der Waals surface area contributed by atoms with Crippen molar-refractivity contribution in [1.82, 2.24) is 15.3 Å². The smallest absolute Gasteiger partial charge is 0.306 e. The van der Waals surface area contributed by atoms with Gasteiger partial charge in [0.25, 0.3) is 0 Å². The first-order chi connectivity index (χ1) is 29.7. The van der Waals surface area contributed by atoms with Crippen molar-refractivity contribution >= 4 is 29.1 Å². The number of nitrogens with two attached hydrogens (primary N) is 1. The number of imidazole rings is 1. The van der Waals surface area contributed by atoms with Gasteiger partial charge in [0.2, 0.25) is 0 Å². The number of allylic oxidation sites excluding steroid dienone is 3. The molecule has 6 aliphatic carbocycles. The molecule has 8 heteroatoms. The molecule has 9 rings (SSSR count). The van der Waals surface area contributed by atoms with Crippen LogP contribution in [0.3, 0.4) is 0 Å². The monoisotopic (exact) mass is 845 g/mol. The summed E-state index contributed by atoms with van der Waals surface area (Å²) in [6, 6.07) is 15.3. The van der Waals surface area contributed by atoms with Crippen LogP contribution in [0.4, 0.5) is 0 Å². The number of aromatic nitrogens is 2. The SMILES string of the molecule is C=C(CC1CCC2(C)C(CCC3(C)C4CCC5(CCNC)CC(=O)C(C(C)C)=C5C4CCC32)C1C)C1CC(C(=O)O)C1C.CN.O=Cc1ccc2nc(-c3ccccc3)[nH]c2c1. The van der Waals surface area contributed by atoms with Crippen molar-refractivity contribution < 1.29 is 19.5 Å². The van der Waals surface area contributed by atoms with Crippen LogP contribution in [0.15, 0.2) is 71.8 Å². The Balaban J connectivity index is 0.000000252. The van der Waals surface area contributed by atoms with Crippen LogP contribution in [0, 0.1) is 75.4 Å². The van der Waals surface area contributed by atoms with Gasteiger partial charge in [-0.3, -0.25) is 14.4 Å². The molecule has 8 nitrogen and oxygen atoms in total. The number of aliphatic carboxylic acids is 1. The summed E-state index contributed by atoms with van der Waals surface area (Å²) in [5.74, 6) is 5.70. The summed E-state index contributed by atoms with van der Waals surface area (Å²) in [4.78, 5) is 43.5. The van der Waals surface area contributed by atoms with Gasteiger partial charge in [-0.05, 0) is 179 Å². The van der Waals surface area contributed by atoms with Crippen molar-refractivity contribution in [3.05, 3.63) is 77.4 Å². The minimum atomic E-state index is -0.629. The topological polar surface area (TPSA) is 138 Å². The summed E-state index contributed by atoms with van der Waals surface area (Å²) in [7, 11) is 3.56. The molecule has 12 unspecified atom stereocenters. The standard InChI is InChI=1S/C39H61NO3.C14H10N2O.CH5N/c1-22(2)34-32(41)21-39(17-18-40-8)16-13-31-27(35(34)39)9-10-33-37(6)14-11-26(24(4)30(37)12-15-38(31,33)7)19-23(3)28-20-29(25(28)5)36(42)43;17-9-10-6-7-12-13(8-10)16-14(15-12)11-4-2-1-3-5-11;1-2/h22,24-31,33,40H,3,9-21H2,1-2,4-8H3,(H,42,43);1-9H,(H,15,16);2H2,1H3. The molecule has 12 atom stereocenters. The molecule has 0 bridgehead atoms. The van der Waals surface area contributed by atoms with E-state index in [1.54, 1.807) is 11.6 Å². The van der Waals surface area contributed by atoms with E-state index in [1.165, 1.54) is 69.6 Å². The number of ketones is 1. The van der Waals surface area contributed by atoms with Crippen LogP contribution in [0.5, 0.6) is 0 Å². The molecule has 62 heavy (non-hydrogen) atoms. The lowest BCUT2D eigenvalue weighted by Gasteiger charge is -2.67. The first-order valence-electron chi connectivity index (χ1n) is 24.1. The van der Waals surface area contributed by atoms with Crippen molar-refractivity contribution in [2.45, 2.75) is 119 Å². The van der Waals surface area contributed by atoms with Gasteiger partial charge in [-0.1, -0.05) is 89.6 Å². The normalized spacial score (nSPS) is 35.8.